The van der Waals surface area contributed by atoms with Crippen LogP contribution in [0.4, 0.5) is 0 Å². The van der Waals surface area contributed by atoms with Crippen LogP contribution in [0.1, 0.15) is 40.2 Å². The Bertz CT molecular complexity index is 933. The van der Waals surface area contributed by atoms with Crippen molar-refractivity contribution in [2.45, 2.75) is 40.2 Å². The normalized spacial score (nSPS) is 10.7. The zero-order valence-corrected chi connectivity index (χ0v) is 18.7. The molecule has 0 heterocycles. The van der Waals surface area contributed by atoms with Gasteiger partial charge in [-0.3, -0.25) is 33.6 Å². The van der Waals surface area contributed by atoms with Crippen molar-refractivity contribution in [1.82, 2.24) is 9.80 Å². The molecule has 10 nitrogen and oxygen atoms in total. The summed E-state index contributed by atoms with van der Waals surface area (Å²) in [6.45, 7) is 4.25. The lowest BCUT2D eigenvalue weighted by molar-refractivity contribution is -0.187. The van der Waals surface area contributed by atoms with Crippen LogP contribution >= 0.6 is 23.2 Å². The number of hydrogen-bond donors (Lipinski definition) is 0. The maximum absolute atomic E-state index is 13.4. The predicted octanol–water partition coefficient (Wildman–Crippen LogP) is 1.59. The molecule has 0 aliphatic rings. The minimum atomic E-state index is -3.12. The molecule has 0 aliphatic heterocycles. The van der Waals surface area contributed by atoms with E-state index in [9.17, 15) is 33.6 Å². The van der Waals surface area contributed by atoms with Crippen LogP contribution in [0.3, 0.4) is 0 Å². The Labute approximate surface area is 187 Å². The van der Waals surface area contributed by atoms with Crippen LogP contribution in [0, 0.1) is 0 Å². The largest absolute Gasteiger partial charge is 0.434 e. The van der Waals surface area contributed by atoms with Crippen molar-refractivity contribution in [2.75, 3.05) is 0 Å². The highest BCUT2D eigenvalue weighted by molar-refractivity contribution is 6.42. The van der Waals surface area contributed by atoms with Crippen LogP contribution in [-0.2, 0) is 43.9 Å². The Morgan fingerprint density at radius 1 is 0.710 bits per heavy atom. The third-order valence-electron chi connectivity index (χ3n) is 3.89. The van der Waals surface area contributed by atoms with Gasteiger partial charge < -0.3 is 4.74 Å². The van der Waals surface area contributed by atoms with Gasteiger partial charge in [0.15, 0.2) is 0 Å². The average molecular weight is 473 g/mol. The Balaban J connectivity index is 4.11. The molecule has 0 N–H and O–H groups in total. The Morgan fingerprint density at radius 2 is 1.10 bits per heavy atom. The second-order valence-electron chi connectivity index (χ2n) is 6.26. The summed E-state index contributed by atoms with van der Waals surface area (Å²) in [5.74, 6) is -8.90. The van der Waals surface area contributed by atoms with E-state index in [-0.39, 0.29) is 19.8 Å². The van der Waals surface area contributed by atoms with E-state index in [4.69, 9.17) is 27.9 Å². The second kappa shape index (κ2) is 9.80. The zero-order chi connectivity index (χ0) is 24.3. The number of esters is 1. The molecule has 1 aromatic carbocycles. The number of imide groups is 6. The number of nitrogens with zero attached hydrogens (tertiary/aromatic N) is 2. The molecule has 0 fully saturated rings. The standard InChI is InChI=1S/C19H18Cl2N2O8/c1-9(24)22(10(2)25)17(29)19(31-13(5)28,14-6-7-15(20)16(21)8-14)18(30)23(11(3)26)12(4)27/h6-8H,1-5H3. The van der Waals surface area contributed by atoms with Gasteiger partial charge in [-0.05, 0) is 12.1 Å². The minimum absolute atomic E-state index is 0.00739. The smallest absolute Gasteiger partial charge is 0.304 e. The molecule has 31 heavy (non-hydrogen) atoms. The van der Waals surface area contributed by atoms with E-state index < -0.39 is 52.6 Å². The van der Waals surface area contributed by atoms with E-state index in [2.05, 4.69) is 0 Å². The number of rotatable bonds is 4. The Morgan fingerprint density at radius 3 is 1.39 bits per heavy atom. The summed E-state index contributed by atoms with van der Waals surface area (Å²) in [6.07, 6.45) is 0. The number of ether oxygens (including phenoxy) is 1. The molecule has 0 saturated heterocycles. The summed E-state index contributed by atoms with van der Waals surface area (Å²) >= 11 is 11.9. The van der Waals surface area contributed by atoms with Crippen molar-refractivity contribution in [2.24, 2.45) is 0 Å². The van der Waals surface area contributed by atoms with Crippen molar-refractivity contribution in [3.8, 4) is 0 Å². The molecule has 0 unspecified atom stereocenters. The fourth-order valence-electron chi connectivity index (χ4n) is 2.75. The highest BCUT2D eigenvalue weighted by Crippen LogP contribution is 2.35. The van der Waals surface area contributed by atoms with Gasteiger partial charge in [0.05, 0.1) is 10.0 Å². The lowest BCUT2D eigenvalue weighted by atomic mass is 9.89. The van der Waals surface area contributed by atoms with Crippen molar-refractivity contribution < 1.29 is 38.3 Å². The Hall–Kier alpha value is -3.11. The lowest BCUT2D eigenvalue weighted by Gasteiger charge is -2.35. The van der Waals surface area contributed by atoms with Crippen LogP contribution in [0.5, 0.6) is 0 Å². The molecule has 12 heteroatoms. The van der Waals surface area contributed by atoms with Crippen molar-refractivity contribution in [3.63, 3.8) is 0 Å². The SMILES string of the molecule is CC(=O)OC(C(=O)N(C(C)=O)C(C)=O)(C(=O)N(C(C)=O)C(C)=O)c1ccc(Cl)c(Cl)c1. The maximum atomic E-state index is 13.4. The quantitative estimate of drug-likeness (QED) is 0.475. The first-order valence-corrected chi connectivity index (χ1v) is 9.30. The number of benzene rings is 1. The van der Waals surface area contributed by atoms with Gasteiger partial charge in [0, 0.05) is 40.2 Å². The Kier molecular flexibility index (Phi) is 8.19. The van der Waals surface area contributed by atoms with Crippen molar-refractivity contribution in [3.05, 3.63) is 33.8 Å². The fourth-order valence-corrected chi connectivity index (χ4v) is 3.04. The van der Waals surface area contributed by atoms with E-state index >= 15 is 0 Å². The predicted molar refractivity (Wildman–Crippen MR) is 106 cm³/mol. The van der Waals surface area contributed by atoms with Crippen LogP contribution in [0.15, 0.2) is 18.2 Å². The second-order valence-corrected chi connectivity index (χ2v) is 7.08. The first-order chi connectivity index (χ1) is 14.2. The van der Waals surface area contributed by atoms with Gasteiger partial charge in [-0.25, -0.2) is 9.80 Å². The average Bonchev–Trinajstić information content (AvgIpc) is 2.60. The van der Waals surface area contributed by atoms with Gasteiger partial charge in [-0.15, -0.1) is 0 Å². The van der Waals surface area contributed by atoms with E-state index in [1.807, 2.05) is 0 Å². The number of amides is 6. The van der Waals surface area contributed by atoms with Crippen LogP contribution in [0.25, 0.3) is 0 Å². The topological polar surface area (TPSA) is 135 Å². The fraction of sp³-hybridized carbons (Fsp3) is 0.316. The molecule has 0 bridgehead atoms. The summed E-state index contributed by atoms with van der Waals surface area (Å²) in [7, 11) is 0. The summed E-state index contributed by atoms with van der Waals surface area (Å²) in [6, 6.07) is 3.18. The lowest BCUT2D eigenvalue weighted by Crippen LogP contribution is -2.61. The molecule has 166 valence electrons. The van der Waals surface area contributed by atoms with E-state index in [1.54, 1.807) is 0 Å². The van der Waals surface area contributed by atoms with Crippen LogP contribution < -0.4 is 0 Å². The number of halogens is 2. The van der Waals surface area contributed by atoms with E-state index in [0.717, 1.165) is 52.8 Å². The minimum Gasteiger partial charge on any atom is -0.434 e. The molecule has 0 atom stereocenters. The highest BCUT2D eigenvalue weighted by atomic mass is 35.5. The van der Waals surface area contributed by atoms with E-state index in [1.165, 1.54) is 0 Å². The monoisotopic (exact) mass is 472 g/mol. The first kappa shape index (κ1) is 25.9. The van der Waals surface area contributed by atoms with E-state index in [0.29, 0.717) is 0 Å². The van der Waals surface area contributed by atoms with Gasteiger partial charge >= 0.3 is 5.97 Å². The number of carbonyl (C=O) groups excluding carboxylic acids is 7. The molecule has 1 aromatic rings. The first-order valence-electron chi connectivity index (χ1n) is 8.54. The van der Waals surface area contributed by atoms with Gasteiger partial charge in [-0.1, -0.05) is 29.3 Å². The van der Waals surface area contributed by atoms with Crippen LogP contribution in [0.2, 0.25) is 10.0 Å². The molecule has 0 aromatic heterocycles. The molecular formula is C19H18Cl2N2O8. The molecule has 6 amide bonds. The van der Waals surface area contributed by atoms with Crippen LogP contribution in [-0.4, -0.2) is 51.2 Å². The van der Waals surface area contributed by atoms with Crippen molar-refractivity contribution >= 4 is 64.6 Å². The molecule has 0 spiro atoms. The van der Waals surface area contributed by atoms with Crippen molar-refractivity contribution in [1.29, 1.82) is 0 Å². The van der Waals surface area contributed by atoms with Gasteiger partial charge in [0.25, 0.3) is 17.4 Å². The third-order valence-corrected chi connectivity index (χ3v) is 4.63. The third kappa shape index (κ3) is 5.15. The molecule has 1 rings (SSSR count). The zero-order valence-electron chi connectivity index (χ0n) is 17.1. The maximum Gasteiger partial charge on any atom is 0.304 e. The number of carbonyl (C=O) groups is 7. The van der Waals surface area contributed by atoms with Gasteiger partial charge in [-0.2, -0.15) is 0 Å². The summed E-state index contributed by atoms with van der Waals surface area (Å²) in [5.41, 5.74) is -3.57. The molecule has 0 saturated carbocycles. The number of hydrogen-bond acceptors (Lipinski definition) is 8. The highest BCUT2D eigenvalue weighted by Gasteiger charge is 2.58. The summed E-state index contributed by atoms with van der Waals surface area (Å²) in [5, 5.41) is -0.197. The molecule has 0 radical (unpaired) electrons. The van der Waals surface area contributed by atoms with Gasteiger partial charge in [0.2, 0.25) is 23.6 Å². The molecular weight excluding hydrogens is 455 g/mol. The summed E-state index contributed by atoms with van der Waals surface area (Å²) < 4.78 is 5.07. The molecule has 0 aliphatic carbocycles. The summed E-state index contributed by atoms with van der Waals surface area (Å²) in [4.78, 5) is 86.9. The van der Waals surface area contributed by atoms with Gasteiger partial charge in [0.1, 0.15) is 0 Å².